The van der Waals surface area contributed by atoms with Crippen LogP contribution in [0.15, 0.2) is 33.9 Å². The van der Waals surface area contributed by atoms with Crippen LogP contribution in [-0.4, -0.2) is 47.3 Å². The van der Waals surface area contributed by atoms with E-state index in [2.05, 4.69) is 10.1 Å². The van der Waals surface area contributed by atoms with Crippen LogP contribution in [-0.2, 0) is 10.5 Å². The number of nitrogens with zero attached hydrogens (tertiary/aromatic N) is 3. The van der Waals surface area contributed by atoms with E-state index >= 15 is 0 Å². The van der Waals surface area contributed by atoms with Crippen LogP contribution in [0.1, 0.15) is 34.7 Å². The summed E-state index contributed by atoms with van der Waals surface area (Å²) in [5.74, 6) is 1.45. The molecule has 24 heavy (non-hydrogen) atoms. The summed E-state index contributed by atoms with van der Waals surface area (Å²) in [6.45, 7) is 3.30. The van der Waals surface area contributed by atoms with Gasteiger partial charge in [0.05, 0.1) is 17.4 Å². The summed E-state index contributed by atoms with van der Waals surface area (Å²) < 4.78 is 10.4. The molecule has 1 aliphatic heterocycles. The highest BCUT2D eigenvalue weighted by molar-refractivity contribution is 7.98. The molecule has 0 radical (unpaired) electrons. The zero-order valence-corrected chi connectivity index (χ0v) is 14.7. The molecule has 128 valence electrons. The molecule has 3 rings (SSSR count). The number of thioether (sulfide) groups is 1. The third-order valence-electron chi connectivity index (χ3n) is 4.10. The third kappa shape index (κ3) is 3.96. The summed E-state index contributed by atoms with van der Waals surface area (Å²) in [4.78, 5) is 19.1. The lowest BCUT2D eigenvalue weighted by atomic mass is 10.1. The highest BCUT2D eigenvalue weighted by atomic mass is 32.2. The molecule has 2 aromatic rings. The average molecular weight is 347 g/mol. The first-order valence-corrected chi connectivity index (χ1v) is 8.98. The van der Waals surface area contributed by atoms with Gasteiger partial charge in [-0.3, -0.25) is 4.79 Å². The van der Waals surface area contributed by atoms with Crippen molar-refractivity contribution in [3.05, 3.63) is 41.4 Å². The molecule has 1 aliphatic rings. The largest absolute Gasteiger partial charge is 0.381 e. The SMILES string of the molecule is COC1CCN(C(=O)c2cccnc2SCc2cc(C)on2)CC1. The van der Waals surface area contributed by atoms with Crippen molar-refractivity contribution < 1.29 is 14.1 Å². The van der Waals surface area contributed by atoms with Crippen LogP contribution < -0.4 is 0 Å². The fourth-order valence-corrected chi connectivity index (χ4v) is 3.63. The van der Waals surface area contributed by atoms with Crippen molar-refractivity contribution in [3.8, 4) is 0 Å². The van der Waals surface area contributed by atoms with Crippen molar-refractivity contribution in [3.63, 3.8) is 0 Å². The van der Waals surface area contributed by atoms with Gasteiger partial charge in [0.2, 0.25) is 0 Å². The second-order valence-electron chi connectivity index (χ2n) is 5.80. The van der Waals surface area contributed by atoms with Crippen LogP contribution in [0.4, 0.5) is 0 Å². The molecule has 0 unspecified atom stereocenters. The van der Waals surface area contributed by atoms with Crippen LogP contribution in [0.25, 0.3) is 0 Å². The number of carbonyl (C=O) groups excluding carboxylic acids is 1. The molecule has 6 nitrogen and oxygen atoms in total. The highest BCUT2D eigenvalue weighted by Crippen LogP contribution is 2.26. The summed E-state index contributed by atoms with van der Waals surface area (Å²) >= 11 is 1.51. The topological polar surface area (TPSA) is 68.5 Å². The quantitative estimate of drug-likeness (QED) is 0.775. The van der Waals surface area contributed by atoms with Gasteiger partial charge in [-0.1, -0.05) is 16.9 Å². The second kappa shape index (κ2) is 7.81. The minimum Gasteiger partial charge on any atom is -0.381 e. The first-order chi connectivity index (χ1) is 11.7. The standard InChI is InChI=1S/C17H21N3O3S/c1-12-10-13(19-23-12)11-24-16-15(4-3-7-18-16)17(21)20-8-5-14(22-2)6-9-20/h3-4,7,10,14H,5-6,8-9,11H2,1-2H3. The number of amides is 1. The van der Waals surface area contributed by atoms with Crippen LogP contribution >= 0.6 is 11.8 Å². The Kier molecular flexibility index (Phi) is 5.52. The van der Waals surface area contributed by atoms with E-state index in [1.165, 1.54) is 11.8 Å². The van der Waals surface area contributed by atoms with Gasteiger partial charge in [0.25, 0.3) is 5.91 Å². The number of likely N-dealkylation sites (tertiary alicyclic amines) is 1. The van der Waals surface area contributed by atoms with Gasteiger partial charge in [-0.2, -0.15) is 0 Å². The lowest BCUT2D eigenvalue weighted by molar-refractivity contribution is 0.0348. The van der Waals surface area contributed by atoms with E-state index < -0.39 is 0 Å². The fourth-order valence-electron chi connectivity index (χ4n) is 2.76. The van der Waals surface area contributed by atoms with Gasteiger partial charge in [-0.05, 0) is 31.9 Å². The molecular weight excluding hydrogens is 326 g/mol. The summed E-state index contributed by atoms with van der Waals surface area (Å²) in [7, 11) is 1.73. The first-order valence-electron chi connectivity index (χ1n) is 7.99. The maximum atomic E-state index is 12.8. The van der Waals surface area contributed by atoms with Crippen molar-refractivity contribution in [2.75, 3.05) is 20.2 Å². The maximum Gasteiger partial charge on any atom is 0.256 e. The zero-order valence-electron chi connectivity index (χ0n) is 13.9. The molecule has 0 atom stereocenters. The number of rotatable bonds is 5. The Morgan fingerprint density at radius 3 is 2.92 bits per heavy atom. The number of pyridine rings is 1. The molecule has 1 fully saturated rings. The number of aromatic nitrogens is 2. The van der Waals surface area contributed by atoms with E-state index in [0.29, 0.717) is 11.3 Å². The third-order valence-corrected chi connectivity index (χ3v) is 5.14. The molecule has 2 aromatic heterocycles. The minimum atomic E-state index is 0.0384. The number of hydrogen-bond acceptors (Lipinski definition) is 6. The first kappa shape index (κ1) is 17.0. The molecule has 1 amide bonds. The number of ether oxygens (including phenoxy) is 1. The van der Waals surface area contributed by atoms with Crippen LogP contribution in [0.2, 0.25) is 0 Å². The molecule has 1 saturated heterocycles. The molecule has 0 saturated carbocycles. The molecule has 0 bridgehead atoms. The van der Waals surface area contributed by atoms with Gasteiger partial charge < -0.3 is 14.2 Å². The predicted octanol–water partition coefficient (Wildman–Crippen LogP) is 2.92. The van der Waals surface area contributed by atoms with Gasteiger partial charge in [0.1, 0.15) is 10.8 Å². The predicted molar refractivity (Wildman–Crippen MR) is 91.0 cm³/mol. The summed E-state index contributed by atoms with van der Waals surface area (Å²) in [6, 6.07) is 5.54. The van der Waals surface area contributed by atoms with E-state index in [-0.39, 0.29) is 12.0 Å². The van der Waals surface area contributed by atoms with Crippen molar-refractivity contribution in [2.24, 2.45) is 0 Å². The average Bonchev–Trinajstić information content (AvgIpc) is 3.05. The maximum absolute atomic E-state index is 12.8. The van der Waals surface area contributed by atoms with Crippen molar-refractivity contribution in [1.82, 2.24) is 15.0 Å². The number of methoxy groups -OCH3 is 1. The second-order valence-corrected chi connectivity index (χ2v) is 6.77. The Hall–Kier alpha value is -1.86. The lowest BCUT2D eigenvalue weighted by Gasteiger charge is -2.31. The Labute approximate surface area is 145 Å². The molecule has 0 spiro atoms. The van der Waals surface area contributed by atoms with Crippen LogP contribution in [0.3, 0.4) is 0 Å². The van der Waals surface area contributed by atoms with Crippen LogP contribution in [0.5, 0.6) is 0 Å². The minimum absolute atomic E-state index is 0.0384. The number of carbonyl (C=O) groups is 1. The van der Waals surface area contributed by atoms with Gasteiger partial charge in [0.15, 0.2) is 0 Å². The molecule has 0 aromatic carbocycles. The Bertz CT molecular complexity index is 696. The monoisotopic (exact) mass is 347 g/mol. The van der Waals surface area contributed by atoms with Gasteiger partial charge in [0, 0.05) is 38.2 Å². The van der Waals surface area contributed by atoms with E-state index in [4.69, 9.17) is 9.26 Å². The molecule has 0 N–H and O–H groups in total. The molecule has 7 heteroatoms. The van der Waals surface area contributed by atoms with Gasteiger partial charge >= 0.3 is 0 Å². The Morgan fingerprint density at radius 2 is 2.25 bits per heavy atom. The van der Waals surface area contributed by atoms with E-state index in [1.807, 2.05) is 24.0 Å². The van der Waals surface area contributed by atoms with Crippen molar-refractivity contribution in [1.29, 1.82) is 0 Å². The summed E-state index contributed by atoms with van der Waals surface area (Å²) in [5.41, 5.74) is 1.50. The Balaban J connectivity index is 1.68. The summed E-state index contributed by atoms with van der Waals surface area (Å²) in [5, 5.41) is 4.71. The molecule has 0 aliphatic carbocycles. The van der Waals surface area contributed by atoms with Crippen molar-refractivity contribution in [2.45, 2.75) is 36.6 Å². The molecular formula is C17H21N3O3S. The van der Waals surface area contributed by atoms with Crippen molar-refractivity contribution >= 4 is 17.7 Å². The smallest absolute Gasteiger partial charge is 0.256 e. The van der Waals surface area contributed by atoms with E-state index in [0.717, 1.165) is 42.4 Å². The number of hydrogen-bond donors (Lipinski definition) is 0. The zero-order chi connectivity index (χ0) is 16.9. The molecule has 3 heterocycles. The van der Waals surface area contributed by atoms with E-state index in [9.17, 15) is 4.79 Å². The number of piperidine rings is 1. The fraction of sp³-hybridized carbons (Fsp3) is 0.471. The lowest BCUT2D eigenvalue weighted by Crippen LogP contribution is -2.40. The number of aryl methyl sites for hydroxylation is 1. The summed E-state index contributed by atoms with van der Waals surface area (Å²) in [6.07, 6.45) is 3.73. The van der Waals surface area contributed by atoms with Gasteiger partial charge in [-0.15, -0.1) is 0 Å². The highest BCUT2D eigenvalue weighted by Gasteiger charge is 2.25. The van der Waals surface area contributed by atoms with Gasteiger partial charge in [-0.25, -0.2) is 4.98 Å². The van der Waals surface area contributed by atoms with Crippen LogP contribution in [0, 0.1) is 6.92 Å². The Morgan fingerprint density at radius 1 is 1.46 bits per heavy atom. The normalized spacial score (nSPS) is 15.7. The van der Waals surface area contributed by atoms with E-state index in [1.54, 1.807) is 19.4 Å².